The standard InChI is InChI=1S/C14H11F3N4S/c1-22-13-20-8-10(6-18)12(21-13)19-7-9-3-2-4-11(5-9)14(15,16)17/h2-5,8H,7H2,1H3,(H,19,20,21). The van der Waals surface area contributed by atoms with Gasteiger partial charge in [-0.25, -0.2) is 9.97 Å². The van der Waals surface area contributed by atoms with E-state index in [0.29, 0.717) is 16.5 Å². The first-order valence-electron chi connectivity index (χ1n) is 6.15. The molecule has 0 amide bonds. The minimum Gasteiger partial charge on any atom is -0.365 e. The second kappa shape index (κ2) is 6.66. The number of aromatic nitrogens is 2. The van der Waals surface area contributed by atoms with E-state index in [2.05, 4.69) is 15.3 Å². The highest BCUT2D eigenvalue weighted by Crippen LogP contribution is 2.29. The van der Waals surface area contributed by atoms with Crippen LogP contribution in [0.5, 0.6) is 0 Å². The molecule has 0 radical (unpaired) electrons. The summed E-state index contributed by atoms with van der Waals surface area (Å²) in [5.74, 6) is 0.305. The topological polar surface area (TPSA) is 61.6 Å². The summed E-state index contributed by atoms with van der Waals surface area (Å²) >= 11 is 1.31. The van der Waals surface area contributed by atoms with Crippen molar-refractivity contribution < 1.29 is 13.2 Å². The lowest BCUT2D eigenvalue weighted by Gasteiger charge is -2.11. The number of halogens is 3. The number of nitrogens with one attached hydrogen (secondary N) is 1. The maximum absolute atomic E-state index is 12.7. The number of nitrogens with zero attached hydrogens (tertiary/aromatic N) is 3. The third kappa shape index (κ3) is 3.89. The molecule has 0 aliphatic rings. The van der Waals surface area contributed by atoms with E-state index in [1.807, 2.05) is 6.07 Å². The molecule has 1 N–H and O–H groups in total. The van der Waals surface area contributed by atoms with Gasteiger partial charge in [-0.2, -0.15) is 18.4 Å². The maximum atomic E-state index is 12.7. The highest BCUT2D eigenvalue weighted by molar-refractivity contribution is 7.98. The van der Waals surface area contributed by atoms with Gasteiger partial charge in [0.25, 0.3) is 0 Å². The van der Waals surface area contributed by atoms with E-state index in [-0.39, 0.29) is 12.1 Å². The summed E-state index contributed by atoms with van der Waals surface area (Å²) in [7, 11) is 0. The van der Waals surface area contributed by atoms with Gasteiger partial charge in [0.15, 0.2) is 5.16 Å². The van der Waals surface area contributed by atoms with E-state index in [1.165, 1.54) is 24.0 Å². The largest absolute Gasteiger partial charge is 0.416 e. The van der Waals surface area contributed by atoms with Crippen LogP contribution < -0.4 is 5.32 Å². The van der Waals surface area contributed by atoms with Gasteiger partial charge in [0.2, 0.25) is 0 Å². The van der Waals surface area contributed by atoms with E-state index in [0.717, 1.165) is 12.1 Å². The number of alkyl halides is 3. The van der Waals surface area contributed by atoms with Crippen molar-refractivity contribution >= 4 is 17.6 Å². The highest BCUT2D eigenvalue weighted by atomic mass is 32.2. The van der Waals surface area contributed by atoms with Gasteiger partial charge in [-0.15, -0.1) is 0 Å². The first kappa shape index (κ1) is 16.1. The Labute approximate surface area is 129 Å². The summed E-state index contributed by atoms with van der Waals surface area (Å²) in [5, 5.41) is 12.4. The molecule has 1 aromatic carbocycles. The van der Waals surface area contributed by atoms with Crippen LogP contribution in [0.3, 0.4) is 0 Å². The fourth-order valence-electron chi connectivity index (χ4n) is 1.72. The molecule has 4 nitrogen and oxygen atoms in total. The van der Waals surface area contributed by atoms with Crippen LogP contribution in [0.4, 0.5) is 19.0 Å². The van der Waals surface area contributed by atoms with Gasteiger partial charge in [-0.1, -0.05) is 23.9 Å². The van der Waals surface area contributed by atoms with Gasteiger partial charge in [0.05, 0.1) is 11.8 Å². The number of nitriles is 1. The molecular weight excluding hydrogens is 313 g/mol. The molecule has 2 aromatic rings. The fourth-order valence-corrected chi connectivity index (χ4v) is 2.06. The van der Waals surface area contributed by atoms with Crippen LogP contribution in [0.2, 0.25) is 0 Å². The highest BCUT2D eigenvalue weighted by Gasteiger charge is 2.30. The normalized spacial score (nSPS) is 11.0. The molecule has 2 rings (SSSR count). The first-order valence-corrected chi connectivity index (χ1v) is 7.37. The van der Waals surface area contributed by atoms with Crippen LogP contribution in [-0.2, 0) is 12.7 Å². The predicted molar refractivity (Wildman–Crippen MR) is 77.3 cm³/mol. The zero-order valence-electron chi connectivity index (χ0n) is 11.5. The van der Waals surface area contributed by atoms with Gasteiger partial charge >= 0.3 is 6.18 Å². The molecule has 0 spiro atoms. The molecule has 22 heavy (non-hydrogen) atoms. The summed E-state index contributed by atoms with van der Waals surface area (Å²) < 4.78 is 38.0. The van der Waals surface area contributed by atoms with Gasteiger partial charge < -0.3 is 5.32 Å². The van der Waals surface area contributed by atoms with Crippen molar-refractivity contribution in [3.63, 3.8) is 0 Å². The predicted octanol–water partition coefficient (Wildman–Crippen LogP) is 3.70. The van der Waals surface area contributed by atoms with Crippen molar-refractivity contribution in [3.8, 4) is 6.07 Å². The second-order valence-corrected chi connectivity index (χ2v) is 5.06. The number of rotatable bonds is 4. The maximum Gasteiger partial charge on any atom is 0.416 e. The average molecular weight is 324 g/mol. The average Bonchev–Trinajstić information content (AvgIpc) is 2.52. The summed E-state index contributed by atoms with van der Waals surface area (Å²) in [5.41, 5.74) is -0.0207. The molecule has 0 unspecified atom stereocenters. The van der Waals surface area contributed by atoms with Crippen molar-refractivity contribution in [3.05, 3.63) is 47.2 Å². The van der Waals surface area contributed by atoms with Crippen LogP contribution >= 0.6 is 11.8 Å². The number of hydrogen-bond acceptors (Lipinski definition) is 5. The molecule has 1 aromatic heterocycles. The van der Waals surface area contributed by atoms with Crippen molar-refractivity contribution in [2.45, 2.75) is 17.9 Å². The Balaban J connectivity index is 2.19. The molecule has 0 fully saturated rings. The zero-order valence-corrected chi connectivity index (χ0v) is 12.3. The number of anilines is 1. The first-order chi connectivity index (χ1) is 10.4. The Morgan fingerprint density at radius 3 is 2.77 bits per heavy atom. The smallest absolute Gasteiger partial charge is 0.365 e. The minimum absolute atomic E-state index is 0.128. The van der Waals surface area contributed by atoms with Gasteiger partial charge in [-0.3, -0.25) is 0 Å². The summed E-state index contributed by atoms with van der Waals surface area (Å²) in [6.45, 7) is 0.128. The van der Waals surface area contributed by atoms with E-state index in [1.54, 1.807) is 12.3 Å². The van der Waals surface area contributed by atoms with E-state index < -0.39 is 11.7 Å². The van der Waals surface area contributed by atoms with E-state index in [4.69, 9.17) is 5.26 Å². The molecule has 0 saturated heterocycles. The Bertz CT molecular complexity index is 710. The quantitative estimate of drug-likeness (QED) is 0.686. The summed E-state index contributed by atoms with van der Waals surface area (Å²) in [4.78, 5) is 8.11. The van der Waals surface area contributed by atoms with Gasteiger partial charge in [-0.05, 0) is 24.0 Å². The van der Waals surface area contributed by atoms with Crippen LogP contribution in [0.15, 0.2) is 35.6 Å². The molecular formula is C14H11F3N4S. The van der Waals surface area contributed by atoms with Crippen molar-refractivity contribution in [1.29, 1.82) is 5.26 Å². The SMILES string of the molecule is CSc1ncc(C#N)c(NCc2cccc(C(F)(F)F)c2)n1. The Morgan fingerprint density at radius 2 is 2.14 bits per heavy atom. The molecule has 1 heterocycles. The third-order valence-electron chi connectivity index (χ3n) is 2.78. The van der Waals surface area contributed by atoms with E-state index in [9.17, 15) is 13.2 Å². The number of thioether (sulfide) groups is 1. The van der Waals surface area contributed by atoms with Crippen molar-refractivity contribution in [1.82, 2.24) is 9.97 Å². The van der Waals surface area contributed by atoms with Crippen LogP contribution in [0.25, 0.3) is 0 Å². The lowest BCUT2D eigenvalue weighted by atomic mass is 10.1. The van der Waals surface area contributed by atoms with Crippen LogP contribution in [0.1, 0.15) is 16.7 Å². The molecule has 0 aliphatic heterocycles. The molecule has 0 saturated carbocycles. The zero-order chi connectivity index (χ0) is 16.2. The molecule has 0 bridgehead atoms. The Kier molecular flexibility index (Phi) is 4.88. The molecule has 0 aliphatic carbocycles. The van der Waals surface area contributed by atoms with Crippen molar-refractivity contribution in [2.75, 3.05) is 11.6 Å². The number of hydrogen-bond donors (Lipinski definition) is 1. The fraction of sp³-hybridized carbons (Fsp3) is 0.214. The van der Waals surface area contributed by atoms with Gasteiger partial charge in [0.1, 0.15) is 17.5 Å². The van der Waals surface area contributed by atoms with Crippen LogP contribution in [-0.4, -0.2) is 16.2 Å². The Morgan fingerprint density at radius 1 is 1.36 bits per heavy atom. The van der Waals surface area contributed by atoms with E-state index >= 15 is 0 Å². The molecule has 0 atom stereocenters. The van der Waals surface area contributed by atoms with Crippen molar-refractivity contribution in [2.24, 2.45) is 0 Å². The number of benzene rings is 1. The minimum atomic E-state index is -4.38. The summed E-state index contributed by atoms with van der Waals surface area (Å²) in [6.07, 6.45) is -1.21. The Hall–Kier alpha value is -2.27. The molecule has 114 valence electrons. The monoisotopic (exact) mass is 324 g/mol. The lowest BCUT2D eigenvalue weighted by molar-refractivity contribution is -0.137. The van der Waals surface area contributed by atoms with Crippen LogP contribution in [0, 0.1) is 11.3 Å². The third-order valence-corrected chi connectivity index (χ3v) is 3.35. The van der Waals surface area contributed by atoms with Gasteiger partial charge in [0, 0.05) is 6.54 Å². The molecule has 8 heteroatoms. The lowest BCUT2D eigenvalue weighted by Crippen LogP contribution is -2.08. The second-order valence-electron chi connectivity index (χ2n) is 4.28. The summed E-state index contributed by atoms with van der Waals surface area (Å²) in [6, 6.07) is 6.94.